The fourth-order valence-electron chi connectivity index (χ4n) is 5.70. The summed E-state index contributed by atoms with van der Waals surface area (Å²) >= 11 is 0. The van der Waals surface area contributed by atoms with Crippen LogP contribution in [0.2, 0.25) is 0 Å². The summed E-state index contributed by atoms with van der Waals surface area (Å²) in [6.45, 7) is 29.9. The second-order valence-corrected chi connectivity index (χ2v) is 13.1. The van der Waals surface area contributed by atoms with Crippen LogP contribution in [0.25, 0.3) is 0 Å². The minimum atomic E-state index is -0.451. The number of hydrogen-bond acceptors (Lipinski definition) is 8. The Morgan fingerprint density at radius 1 is 0.905 bits per heavy atom. The van der Waals surface area contributed by atoms with Crippen molar-refractivity contribution in [2.45, 2.75) is 100 Å². The van der Waals surface area contributed by atoms with Crippen molar-refractivity contribution in [3.05, 3.63) is 36.8 Å². The molecule has 1 aliphatic rings. The molecule has 1 aliphatic carbocycles. The zero-order valence-corrected chi connectivity index (χ0v) is 27.4. The van der Waals surface area contributed by atoms with Gasteiger partial charge in [-0.15, -0.1) is 0 Å². The average molecular weight is 593 g/mol. The lowest BCUT2D eigenvalue weighted by Gasteiger charge is -2.39. The maximum atomic E-state index is 12.2. The van der Waals surface area contributed by atoms with Gasteiger partial charge in [0, 0.05) is 12.1 Å². The summed E-state index contributed by atoms with van der Waals surface area (Å²) in [5.74, 6) is 0.215. The smallest absolute Gasteiger partial charge is 0.407 e. The highest BCUT2D eigenvalue weighted by Gasteiger charge is 2.65. The van der Waals surface area contributed by atoms with Gasteiger partial charge in [-0.3, -0.25) is 4.79 Å². The topological polar surface area (TPSA) is 112 Å². The molecule has 1 amide bonds. The minimum absolute atomic E-state index is 0.0860. The van der Waals surface area contributed by atoms with Gasteiger partial charge in [-0.2, -0.15) is 0 Å². The highest BCUT2D eigenvalue weighted by Crippen LogP contribution is 2.72. The van der Waals surface area contributed by atoms with E-state index in [1.54, 1.807) is 13.8 Å². The summed E-state index contributed by atoms with van der Waals surface area (Å²) < 4.78 is 21.5. The molecule has 42 heavy (non-hydrogen) atoms. The van der Waals surface area contributed by atoms with Crippen molar-refractivity contribution in [3.8, 4) is 0 Å². The first-order chi connectivity index (χ1) is 19.4. The van der Waals surface area contributed by atoms with Gasteiger partial charge in [-0.25, -0.2) is 9.59 Å². The SMILES string of the molecule is C=C(C)CC(=O)OCCNC(=C)OCCCC(C)(C)C(C)C1(C)CC1(C)CC(C)OC(=O)NCCCOC(=O)C(=C)C. The normalized spacial score (nSPS) is 20.9. The Bertz CT molecular complexity index is 975. The van der Waals surface area contributed by atoms with Gasteiger partial charge in [0.25, 0.3) is 0 Å². The molecule has 240 valence electrons. The van der Waals surface area contributed by atoms with E-state index in [4.69, 9.17) is 18.9 Å². The monoisotopic (exact) mass is 592 g/mol. The van der Waals surface area contributed by atoms with Crippen molar-refractivity contribution in [2.24, 2.45) is 22.2 Å². The molecule has 0 radical (unpaired) electrons. The van der Waals surface area contributed by atoms with Gasteiger partial charge < -0.3 is 29.6 Å². The van der Waals surface area contributed by atoms with Crippen LogP contribution >= 0.6 is 0 Å². The first-order valence-corrected chi connectivity index (χ1v) is 15.1. The van der Waals surface area contributed by atoms with Crippen molar-refractivity contribution < 1.29 is 33.3 Å². The molecule has 0 saturated heterocycles. The molecule has 0 aromatic heterocycles. The quantitative estimate of drug-likeness (QED) is 0.0391. The number of hydrogen-bond donors (Lipinski definition) is 2. The van der Waals surface area contributed by atoms with Crippen LogP contribution in [-0.4, -0.2) is 57.0 Å². The Morgan fingerprint density at radius 2 is 1.55 bits per heavy atom. The molecule has 1 saturated carbocycles. The number of ether oxygens (including phenoxy) is 4. The number of rotatable bonds is 21. The summed E-state index contributed by atoms with van der Waals surface area (Å²) in [4.78, 5) is 35.2. The standard InChI is InChI=1S/C33H56N2O7/c1-23(2)20-28(36)40-19-16-34-27(7)39-17-12-14-31(8,9)26(6)33(11)22-32(33,10)21-25(5)42-30(38)35-15-13-18-41-29(37)24(3)4/h25-26,34H,1,3,7,12-22H2,2,4-6,8-11H3,(H,35,38). The third-order valence-corrected chi connectivity index (χ3v) is 8.73. The second kappa shape index (κ2) is 16.6. The molecule has 1 rings (SSSR count). The van der Waals surface area contributed by atoms with E-state index < -0.39 is 12.1 Å². The van der Waals surface area contributed by atoms with Gasteiger partial charge in [0.15, 0.2) is 5.88 Å². The van der Waals surface area contributed by atoms with Crippen LogP contribution in [0.5, 0.6) is 0 Å². The molecule has 1 fully saturated rings. The summed E-state index contributed by atoms with van der Waals surface area (Å²) in [5.41, 5.74) is 1.45. The van der Waals surface area contributed by atoms with E-state index in [1.807, 2.05) is 6.92 Å². The number of nitrogens with one attached hydrogen (secondary N) is 2. The molecule has 2 N–H and O–H groups in total. The number of esters is 2. The molecule has 0 bridgehead atoms. The maximum absolute atomic E-state index is 12.2. The van der Waals surface area contributed by atoms with Crippen LogP contribution in [0.3, 0.4) is 0 Å². The van der Waals surface area contributed by atoms with E-state index in [9.17, 15) is 14.4 Å². The minimum Gasteiger partial charge on any atom is -0.480 e. The molecule has 4 atom stereocenters. The van der Waals surface area contributed by atoms with Gasteiger partial charge in [0.1, 0.15) is 12.7 Å². The summed E-state index contributed by atoms with van der Waals surface area (Å²) in [5, 5.41) is 5.77. The average Bonchev–Trinajstić information content (AvgIpc) is 3.42. The van der Waals surface area contributed by atoms with Crippen molar-refractivity contribution >= 4 is 18.0 Å². The van der Waals surface area contributed by atoms with Gasteiger partial charge in [0.05, 0.1) is 26.2 Å². The Labute approximate surface area is 253 Å². The number of carbonyl (C=O) groups excluding carboxylic acids is 3. The van der Waals surface area contributed by atoms with Gasteiger partial charge in [-0.1, -0.05) is 53.3 Å². The summed E-state index contributed by atoms with van der Waals surface area (Å²) in [7, 11) is 0. The third-order valence-electron chi connectivity index (χ3n) is 8.73. The van der Waals surface area contributed by atoms with E-state index in [0.29, 0.717) is 43.5 Å². The zero-order chi connectivity index (χ0) is 32.1. The highest BCUT2D eigenvalue weighted by atomic mass is 16.6. The fraction of sp³-hybridized carbons (Fsp3) is 0.727. The lowest BCUT2D eigenvalue weighted by Crippen LogP contribution is -2.34. The van der Waals surface area contributed by atoms with Crippen LogP contribution < -0.4 is 10.6 Å². The molecular weight excluding hydrogens is 536 g/mol. The lowest BCUT2D eigenvalue weighted by atomic mass is 9.66. The van der Waals surface area contributed by atoms with Crippen molar-refractivity contribution in [1.29, 1.82) is 0 Å². The Kier molecular flexibility index (Phi) is 14.7. The summed E-state index contributed by atoms with van der Waals surface area (Å²) in [6, 6.07) is 0. The van der Waals surface area contributed by atoms with E-state index >= 15 is 0 Å². The molecule has 0 spiro atoms. The number of alkyl carbamates (subject to hydrolysis) is 1. The van der Waals surface area contributed by atoms with E-state index in [2.05, 4.69) is 65.0 Å². The van der Waals surface area contributed by atoms with Crippen LogP contribution in [0.1, 0.15) is 93.9 Å². The van der Waals surface area contributed by atoms with Crippen LogP contribution in [0.15, 0.2) is 36.8 Å². The first-order valence-electron chi connectivity index (χ1n) is 15.1. The van der Waals surface area contributed by atoms with E-state index in [-0.39, 0.29) is 48.0 Å². The fourth-order valence-corrected chi connectivity index (χ4v) is 5.70. The second-order valence-electron chi connectivity index (χ2n) is 13.1. The molecule has 0 aliphatic heterocycles. The molecule has 9 heteroatoms. The van der Waals surface area contributed by atoms with Crippen molar-refractivity contribution in [3.63, 3.8) is 0 Å². The summed E-state index contributed by atoms with van der Waals surface area (Å²) in [6.07, 6.45) is 3.85. The number of amides is 1. The van der Waals surface area contributed by atoms with Gasteiger partial charge in [-0.05, 0) is 81.6 Å². The molecule has 0 aromatic carbocycles. The van der Waals surface area contributed by atoms with Gasteiger partial charge in [0.2, 0.25) is 0 Å². The Morgan fingerprint density at radius 3 is 2.17 bits per heavy atom. The first kappa shape index (κ1) is 37.1. The van der Waals surface area contributed by atoms with Crippen molar-refractivity contribution in [2.75, 3.05) is 32.9 Å². The largest absolute Gasteiger partial charge is 0.480 e. The predicted octanol–water partition coefficient (Wildman–Crippen LogP) is 6.45. The zero-order valence-electron chi connectivity index (χ0n) is 27.4. The Hall–Kier alpha value is -2.97. The third kappa shape index (κ3) is 12.5. The maximum Gasteiger partial charge on any atom is 0.407 e. The molecule has 0 heterocycles. The van der Waals surface area contributed by atoms with Crippen LogP contribution in [0.4, 0.5) is 4.79 Å². The van der Waals surface area contributed by atoms with E-state index in [0.717, 1.165) is 31.3 Å². The van der Waals surface area contributed by atoms with Crippen LogP contribution in [0, 0.1) is 22.2 Å². The molecule has 0 aromatic rings. The molecule has 9 nitrogen and oxygen atoms in total. The molecular formula is C33H56N2O7. The van der Waals surface area contributed by atoms with E-state index in [1.165, 1.54) is 0 Å². The highest BCUT2D eigenvalue weighted by molar-refractivity contribution is 5.86. The lowest BCUT2D eigenvalue weighted by molar-refractivity contribution is -0.142. The molecule has 4 unspecified atom stereocenters. The Balaban J connectivity index is 2.35. The number of carbonyl (C=O) groups is 3. The predicted molar refractivity (Wildman–Crippen MR) is 165 cm³/mol. The van der Waals surface area contributed by atoms with Gasteiger partial charge >= 0.3 is 18.0 Å². The van der Waals surface area contributed by atoms with Crippen molar-refractivity contribution in [1.82, 2.24) is 10.6 Å². The van der Waals surface area contributed by atoms with Crippen LogP contribution in [-0.2, 0) is 28.5 Å².